The Labute approximate surface area is 84.4 Å². The van der Waals surface area contributed by atoms with Crippen LogP contribution >= 0.6 is 0 Å². The van der Waals surface area contributed by atoms with Crippen LogP contribution in [0, 0.1) is 43.4 Å². The highest BCUT2D eigenvalue weighted by atomic mass is 14.3. The Balaban J connectivity index is 3.33. The first kappa shape index (κ1) is 10.3. The SMILES string of the molecule is Cc1ccc(C(C#N)C#N)c(C)c1C. The van der Waals surface area contributed by atoms with Crippen LogP contribution in [-0.2, 0) is 0 Å². The Kier molecular flexibility index (Phi) is 2.89. The standard InChI is InChI=1S/C12H12N2/c1-8-4-5-12(10(3)9(8)2)11(6-13)7-14/h4-5,11H,1-3H3. The number of benzene rings is 1. The van der Waals surface area contributed by atoms with Crippen LogP contribution in [0.5, 0.6) is 0 Å². The van der Waals surface area contributed by atoms with Crippen molar-refractivity contribution in [2.75, 3.05) is 0 Å². The number of hydrogen-bond acceptors (Lipinski definition) is 2. The van der Waals surface area contributed by atoms with Crippen LogP contribution in [0.25, 0.3) is 0 Å². The largest absolute Gasteiger partial charge is 0.196 e. The molecule has 2 nitrogen and oxygen atoms in total. The predicted octanol–water partition coefficient (Wildman–Crippen LogP) is 2.74. The molecule has 0 unspecified atom stereocenters. The van der Waals surface area contributed by atoms with E-state index in [-0.39, 0.29) is 0 Å². The van der Waals surface area contributed by atoms with Gasteiger partial charge in [0.15, 0.2) is 5.92 Å². The summed E-state index contributed by atoms with van der Waals surface area (Å²) in [6.07, 6.45) is 0. The molecule has 0 bridgehead atoms. The van der Waals surface area contributed by atoms with Crippen molar-refractivity contribution in [1.29, 1.82) is 10.5 Å². The lowest BCUT2D eigenvalue weighted by atomic mass is 9.92. The van der Waals surface area contributed by atoms with Gasteiger partial charge >= 0.3 is 0 Å². The highest BCUT2D eigenvalue weighted by Gasteiger charge is 2.13. The smallest absolute Gasteiger partial charge is 0.158 e. The summed E-state index contributed by atoms with van der Waals surface area (Å²) in [4.78, 5) is 0. The van der Waals surface area contributed by atoms with Crippen LogP contribution in [0.15, 0.2) is 12.1 Å². The second kappa shape index (κ2) is 3.94. The van der Waals surface area contributed by atoms with Crippen LogP contribution in [0.4, 0.5) is 0 Å². The van der Waals surface area contributed by atoms with E-state index in [4.69, 9.17) is 10.5 Å². The third-order valence-electron chi connectivity index (χ3n) is 2.67. The van der Waals surface area contributed by atoms with Gasteiger partial charge in [-0.25, -0.2) is 0 Å². The monoisotopic (exact) mass is 184 g/mol. The number of nitriles is 2. The molecule has 0 aliphatic heterocycles. The lowest BCUT2D eigenvalue weighted by molar-refractivity contribution is 1.06. The number of rotatable bonds is 1. The van der Waals surface area contributed by atoms with Crippen LogP contribution in [0.1, 0.15) is 28.2 Å². The molecule has 0 spiro atoms. The molecule has 1 aromatic rings. The second-order valence-corrected chi connectivity index (χ2v) is 3.41. The zero-order chi connectivity index (χ0) is 10.7. The fraction of sp³-hybridized carbons (Fsp3) is 0.333. The molecule has 0 aliphatic carbocycles. The van der Waals surface area contributed by atoms with Crippen LogP contribution in [0.3, 0.4) is 0 Å². The van der Waals surface area contributed by atoms with Gasteiger partial charge in [-0.05, 0) is 43.0 Å². The minimum Gasteiger partial charge on any atom is -0.196 e. The zero-order valence-corrected chi connectivity index (χ0v) is 8.63. The minimum absolute atomic E-state index is 0.644. The fourth-order valence-electron chi connectivity index (χ4n) is 1.46. The van der Waals surface area contributed by atoms with Gasteiger partial charge < -0.3 is 0 Å². The molecule has 0 atom stereocenters. The molecule has 0 radical (unpaired) electrons. The fourth-order valence-corrected chi connectivity index (χ4v) is 1.46. The molecule has 0 fully saturated rings. The average molecular weight is 184 g/mol. The topological polar surface area (TPSA) is 47.6 Å². The van der Waals surface area contributed by atoms with Crippen LogP contribution in [0.2, 0.25) is 0 Å². The molecular formula is C12H12N2. The van der Waals surface area contributed by atoms with E-state index in [1.165, 1.54) is 5.56 Å². The van der Waals surface area contributed by atoms with E-state index in [0.29, 0.717) is 0 Å². The molecule has 0 aromatic heterocycles. The van der Waals surface area contributed by atoms with E-state index in [1.54, 1.807) is 0 Å². The Hall–Kier alpha value is -1.80. The Bertz CT molecular complexity index is 419. The zero-order valence-electron chi connectivity index (χ0n) is 8.63. The van der Waals surface area contributed by atoms with E-state index in [9.17, 15) is 0 Å². The van der Waals surface area contributed by atoms with Gasteiger partial charge in [0, 0.05) is 0 Å². The molecule has 0 saturated carbocycles. The summed E-state index contributed by atoms with van der Waals surface area (Å²) in [5, 5.41) is 17.6. The molecule has 0 N–H and O–H groups in total. The van der Waals surface area contributed by atoms with Crippen LogP contribution < -0.4 is 0 Å². The van der Waals surface area contributed by atoms with E-state index in [2.05, 4.69) is 0 Å². The van der Waals surface area contributed by atoms with Gasteiger partial charge in [0.2, 0.25) is 0 Å². The van der Waals surface area contributed by atoms with Crippen molar-refractivity contribution in [1.82, 2.24) is 0 Å². The summed E-state index contributed by atoms with van der Waals surface area (Å²) in [5.74, 6) is -0.644. The Morgan fingerprint density at radius 1 is 1.00 bits per heavy atom. The molecule has 70 valence electrons. The third-order valence-corrected chi connectivity index (χ3v) is 2.67. The average Bonchev–Trinajstić information content (AvgIpc) is 2.19. The van der Waals surface area contributed by atoms with Crippen LogP contribution in [-0.4, -0.2) is 0 Å². The van der Waals surface area contributed by atoms with Crippen molar-refractivity contribution in [3.63, 3.8) is 0 Å². The maximum atomic E-state index is 8.79. The van der Waals surface area contributed by atoms with Crippen molar-refractivity contribution in [2.24, 2.45) is 0 Å². The first-order valence-electron chi connectivity index (χ1n) is 4.47. The summed E-state index contributed by atoms with van der Waals surface area (Å²) in [7, 11) is 0. The highest BCUT2D eigenvalue weighted by molar-refractivity contribution is 5.44. The summed E-state index contributed by atoms with van der Waals surface area (Å²) in [6, 6.07) is 7.82. The molecule has 0 saturated heterocycles. The van der Waals surface area contributed by atoms with Gasteiger partial charge in [0.25, 0.3) is 0 Å². The van der Waals surface area contributed by atoms with Crippen molar-refractivity contribution < 1.29 is 0 Å². The van der Waals surface area contributed by atoms with Gasteiger partial charge in [-0.2, -0.15) is 10.5 Å². The normalized spacial score (nSPS) is 9.57. The maximum absolute atomic E-state index is 8.79. The van der Waals surface area contributed by atoms with Gasteiger partial charge in [-0.1, -0.05) is 12.1 Å². The number of hydrogen-bond donors (Lipinski definition) is 0. The summed E-state index contributed by atoms with van der Waals surface area (Å²) < 4.78 is 0. The van der Waals surface area contributed by atoms with E-state index in [1.807, 2.05) is 45.0 Å². The summed E-state index contributed by atoms with van der Waals surface area (Å²) >= 11 is 0. The molecule has 0 amide bonds. The lowest BCUT2D eigenvalue weighted by Gasteiger charge is -2.10. The number of nitrogens with zero attached hydrogens (tertiary/aromatic N) is 2. The minimum atomic E-state index is -0.644. The van der Waals surface area contributed by atoms with Gasteiger partial charge in [0.05, 0.1) is 12.1 Å². The van der Waals surface area contributed by atoms with Gasteiger partial charge in [-0.15, -0.1) is 0 Å². The maximum Gasteiger partial charge on any atom is 0.158 e. The molecule has 14 heavy (non-hydrogen) atoms. The number of aryl methyl sites for hydroxylation is 1. The van der Waals surface area contributed by atoms with Crippen molar-refractivity contribution in [3.8, 4) is 12.1 Å². The van der Waals surface area contributed by atoms with E-state index in [0.717, 1.165) is 16.7 Å². The molecule has 1 aromatic carbocycles. The summed E-state index contributed by atoms with van der Waals surface area (Å²) in [5.41, 5.74) is 4.25. The highest BCUT2D eigenvalue weighted by Crippen LogP contribution is 2.23. The van der Waals surface area contributed by atoms with Crippen molar-refractivity contribution in [3.05, 3.63) is 34.4 Å². The summed E-state index contributed by atoms with van der Waals surface area (Å²) in [6.45, 7) is 6.00. The molecule has 0 heterocycles. The first-order chi connectivity index (χ1) is 6.61. The molecule has 2 heteroatoms. The van der Waals surface area contributed by atoms with Gasteiger partial charge in [0.1, 0.15) is 0 Å². The Morgan fingerprint density at radius 2 is 1.57 bits per heavy atom. The van der Waals surface area contributed by atoms with E-state index < -0.39 is 5.92 Å². The predicted molar refractivity (Wildman–Crippen MR) is 54.6 cm³/mol. The third kappa shape index (κ3) is 1.60. The molecule has 0 aliphatic rings. The van der Waals surface area contributed by atoms with Crippen molar-refractivity contribution >= 4 is 0 Å². The Morgan fingerprint density at radius 3 is 2.07 bits per heavy atom. The molecular weight excluding hydrogens is 172 g/mol. The van der Waals surface area contributed by atoms with Crippen molar-refractivity contribution in [2.45, 2.75) is 26.7 Å². The molecule has 1 rings (SSSR count). The van der Waals surface area contributed by atoms with E-state index >= 15 is 0 Å². The lowest BCUT2D eigenvalue weighted by Crippen LogP contribution is -1.99. The first-order valence-corrected chi connectivity index (χ1v) is 4.47. The quantitative estimate of drug-likeness (QED) is 0.673. The van der Waals surface area contributed by atoms with Gasteiger partial charge in [-0.3, -0.25) is 0 Å². The second-order valence-electron chi connectivity index (χ2n) is 3.41.